The molecule has 3 N–H and O–H groups in total. The van der Waals surface area contributed by atoms with Crippen molar-refractivity contribution in [1.82, 2.24) is 16.0 Å². The van der Waals surface area contributed by atoms with E-state index in [1.54, 1.807) is 0 Å². The summed E-state index contributed by atoms with van der Waals surface area (Å²) in [5, 5.41) is 9.91. The lowest BCUT2D eigenvalue weighted by Gasteiger charge is -2.26. The second-order valence-corrected chi connectivity index (χ2v) is 10.2. The first kappa shape index (κ1) is 26.0. The highest BCUT2D eigenvalue weighted by Crippen LogP contribution is 2.10. The van der Waals surface area contributed by atoms with Crippen LogP contribution in [0.15, 0.2) is 24.5 Å². The van der Waals surface area contributed by atoms with E-state index < -0.39 is 0 Å². The lowest BCUT2D eigenvalue weighted by molar-refractivity contribution is -0.671. The number of hydrogen-bond donors (Lipinski definition) is 5. The zero-order valence-electron chi connectivity index (χ0n) is 16.3. The monoisotopic (exact) mass is 512 g/mol. The van der Waals surface area contributed by atoms with Gasteiger partial charge in [-0.25, -0.2) is 4.57 Å². The zero-order chi connectivity index (χ0) is 19.1. The molecule has 0 radical (unpaired) electrons. The summed E-state index contributed by atoms with van der Waals surface area (Å²) in [7, 11) is 1.90. The maximum atomic E-state index is 12.3. The third-order valence-electron chi connectivity index (χ3n) is 3.48. The highest BCUT2D eigenvalue weighted by molar-refractivity contribution is 7.82. The average Bonchev–Trinajstić information content (AvgIpc) is 2.47. The van der Waals surface area contributed by atoms with Crippen LogP contribution in [0.3, 0.4) is 0 Å². The SMILES string of the molecule is C[n+]1cccc(C(=O)NCC(CNCC(C)(C)S)NCC(C)(C)S)c1.[I-]. The van der Waals surface area contributed by atoms with E-state index in [4.69, 9.17) is 0 Å². The molecule has 0 bridgehead atoms. The van der Waals surface area contributed by atoms with Crippen LogP contribution < -0.4 is 44.5 Å². The van der Waals surface area contributed by atoms with Crippen LogP contribution in [0, 0.1) is 0 Å². The van der Waals surface area contributed by atoms with Gasteiger partial charge in [-0.15, -0.1) is 0 Å². The van der Waals surface area contributed by atoms with Crippen molar-refractivity contribution in [2.45, 2.75) is 43.2 Å². The van der Waals surface area contributed by atoms with Crippen LogP contribution >= 0.6 is 25.3 Å². The number of amides is 1. The van der Waals surface area contributed by atoms with Crippen LogP contribution in [-0.2, 0) is 7.05 Å². The molecule has 0 aliphatic heterocycles. The van der Waals surface area contributed by atoms with E-state index in [-0.39, 0.29) is 45.4 Å². The Labute approximate surface area is 186 Å². The Morgan fingerprint density at radius 3 is 2.31 bits per heavy atom. The van der Waals surface area contributed by atoms with E-state index in [2.05, 4.69) is 68.9 Å². The summed E-state index contributed by atoms with van der Waals surface area (Å²) in [6.45, 7) is 11.1. The zero-order valence-corrected chi connectivity index (χ0v) is 20.3. The molecular weight excluding hydrogens is 479 g/mol. The third kappa shape index (κ3) is 12.4. The van der Waals surface area contributed by atoms with Crippen LogP contribution in [0.2, 0.25) is 0 Å². The number of carbonyl (C=O) groups excluding carboxylic acids is 1. The van der Waals surface area contributed by atoms with Gasteiger partial charge in [0.1, 0.15) is 12.6 Å². The average molecular weight is 513 g/mol. The number of carbonyl (C=O) groups is 1. The number of aromatic nitrogens is 1. The van der Waals surface area contributed by atoms with Crippen LogP contribution in [0.1, 0.15) is 38.1 Å². The molecule has 26 heavy (non-hydrogen) atoms. The van der Waals surface area contributed by atoms with Crippen LogP contribution in [0.4, 0.5) is 0 Å². The first-order valence-corrected chi connectivity index (χ1v) is 9.48. The number of thiol groups is 2. The molecule has 1 aromatic rings. The number of halogens is 1. The van der Waals surface area contributed by atoms with Gasteiger partial charge in [0.05, 0.1) is 0 Å². The smallest absolute Gasteiger partial charge is 0.257 e. The Kier molecular flexibility index (Phi) is 11.7. The fraction of sp³-hybridized carbons (Fsp3) is 0.667. The van der Waals surface area contributed by atoms with Gasteiger partial charge in [0.2, 0.25) is 0 Å². The van der Waals surface area contributed by atoms with Gasteiger partial charge in [0.15, 0.2) is 12.4 Å². The minimum atomic E-state index is -0.113. The lowest BCUT2D eigenvalue weighted by atomic mass is 10.1. The minimum Gasteiger partial charge on any atom is -1.00 e. The molecule has 0 spiro atoms. The van der Waals surface area contributed by atoms with Crippen molar-refractivity contribution in [3.8, 4) is 0 Å². The second-order valence-electron chi connectivity index (χ2n) is 7.80. The predicted octanol–water partition coefficient (Wildman–Crippen LogP) is -1.79. The number of hydrogen-bond acceptors (Lipinski definition) is 5. The van der Waals surface area contributed by atoms with Gasteiger partial charge in [-0.2, -0.15) is 25.3 Å². The van der Waals surface area contributed by atoms with E-state index in [1.165, 1.54) is 0 Å². The van der Waals surface area contributed by atoms with Crippen LogP contribution in [-0.4, -0.2) is 47.6 Å². The molecule has 0 aromatic carbocycles. The fourth-order valence-electron chi connectivity index (χ4n) is 2.20. The molecule has 0 aliphatic rings. The first-order chi connectivity index (χ1) is 11.5. The summed E-state index contributed by atoms with van der Waals surface area (Å²) in [6.07, 6.45) is 3.72. The highest BCUT2D eigenvalue weighted by atomic mass is 127. The quantitative estimate of drug-likeness (QED) is 0.146. The summed E-state index contributed by atoms with van der Waals surface area (Å²) >= 11 is 9.09. The highest BCUT2D eigenvalue weighted by Gasteiger charge is 2.18. The number of aryl methyl sites for hydroxylation is 1. The standard InChI is InChI=1S/C18H32N4OS2.HI/c1-17(2,24)12-19-9-15(21-13-18(3,4)25)10-20-16(23)14-7-6-8-22(5)11-14;/h6-8,11,15,19,21H,9-10,12-13H2,1-5H3,(H2-,20,23,24,25);1H. The molecule has 1 atom stereocenters. The van der Waals surface area contributed by atoms with Crippen LogP contribution in [0.25, 0.3) is 0 Å². The Balaban J connectivity index is 0.00000625. The van der Waals surface area contributed by atoms with E-state index >= 15 is 0 Å². The number of pyridine rings is 1. The van der Waals surface area contributed by atoms with Gasteiger partial charge in [-0.05, 0) is 33.8 Å². The molecule has 1 aromatic heterocycles. The van der Waals surface area contributed by atoms with Crippen molar-refractivity contribution in [3.05, 3.63) is 30.1 Å². The van der Waals surface area contributed by atoms with Crippen molar-refractivity contribution >= 4 is 31.2 Å². The maximum absolute atomic E-state index is 12.3. The largest absolute Gasteiger partial charge is 1.00 e. The fourth-order valence-corrected chi connectivity index (χ4v) is 2.41. The molecule has 8 heteroatoms. The van der Waals surface area contributed by atoms with Gasteiger partial charge in [-0.3, -0.25) is 4.79 Å². The molecule has 5 nitrogen and oxygen atoms in total. The van der Waals surface area contributed by atoms with Gasteiger partial charge < -0.3 is 39.9 Å². The first-order valence-electron chi connectivity index (χ1n) is 8.59. The van der Waals surface area contributed by atoms with E-state index in [1.807, 2.05) is 36.1 Å². The summed E-state index contributed by atoms with van der Waals surface area (Å²) in [5.74, 6) is -0.0670. The van der Waals surface area contributed by atoms with Gasteiger partial charge in [-0.1, -0.05) is 0 Å². The molecule has 0 aliphatic carbocycles. The minimum absolute atomic E-state index is 0. The molecular formula is C18H33IN4OS2. The van der Waals surface area contributed by atoms with Crippen molar-refractivity contribution in [3.63, 3.8) is 0 Å². The van der Waals surface area contributed by atoms with Crippen LogP contribution in [0.5, 0.6) is 0 Å². The summed E-state index contributed by atoms with van der Waals surface area (Å²) in [5.41, 5.74) is 0.655. The number of rotatable bonds is 10. The van der Waals surface area contributed by atoms with Crippen molar-refractivity contribution in [1.29, 1.82) is 0 Å². The Morgan fingerprint density at radius 2 is 1.77 bits per heavy atom. The van der Waals surface area contributed by atoms with Crippen molar-refractivity contribution in [2.75, 3.05) is 26.2 Å². The molecule has 0 saturated heterocycles. The molecule has 1 rings (SSSR count). The van der Waals surface area contributed by atoms with E-state index in [0.717, 1.165) is 19.6 Å². The molecule has 0 saturated carbocycles. The normalized spacial score (nSPS) is 13.0. The van der Waals surface area contributed by atoms with E-state index in [9.17, 15) is 4.79 Å². The second kappa shape index (κ2) is 11.7. The topological polar surface area (TPSA) is 57.0 Å². The lowest BCUT2D eigenvalue weighted by Crippen LogP contribution is -3.00. The number of nitrogens with zero attached hydrogens (tertiary/aromatic N) is 1. The third-order valence-corrected chi connectivity index (χ3v) is 3.80. The predicted molar refractivity (Wildman–Crippen MR) is 111 cm³/mol. The maximum Gasteiger partial charge on any atom is 0.257 e. The Bertz CT molecular complexity index is 559. The summed E-state index contributed by atoms with van der Waals surface area (Å²) in [6, 6.07) is 3.80. The molecule has 1 unspecified atom stereocenters. The Morgan fingerprint density at radius 1 is 1.15 bits per heavy atom. The Hall–Kier alpha value is -0.0300. The number of nitrogens with one attached hydrogen (secondary N) is 3. The van der Waals surface area contributed by atoms with E-state index in [0.29, 0.717) is 12.1 Å². The molecule has 1 heterocycles. The van der Waals surface area contributed by atoms with Crippen molar-refractivity contribution < 1.29 is 33.3 Å². The summed E-state index contributed by atoms with van der Waals surface area (Å²) < 4.78 is 1.68. The summed E-state index contributed by atoms with van der Waals surface area (Å²) in [4.78, 5) is 12.3. The molecule has 1 amide bonds. The van der Waals surface area contributed by atoms with Gasteiger partial charge >= 0.3 is 0 Å². The molecule has 150 valence electrons. The molecule has 0 fully saturated rings. The van der Waals surface area contributed by atoms with Crippen molar-refractivity contribution in [2.24, 2.45) is 7.05 Å². The van der Waals surface area contributed by atoms with Gasteiger partial charge in [0.25, 0.3) is 5.91 Å². The van der Waals surface area contributed by atoms with Gasteiger partial charge in [0, 0.05) is 47.8 Å².